The van der Waals surface area contributed by atoms with Crippen LogP contribution < -0.4 is 5.32 Å². The minimum absolute atomic E-state index is 0.685. The molecule has 3 nitrogen and oxygen atoms in total. The van der Waals surface area contributed by atoms with Crippen molar-refractivity contribution in [3.63, 3.8) is 0 Å². The Hall–Kier alpha value is -1.74. The second-order valence-corrected chi connectivity index (χ2v) is 5.79. The molecule has 1 aromatic carbocycles. The van der Waals surface area contributed by atoms with Gasteiger partial charge in [0.1, 0.15) is 5.82 Å². The predicted octanol–water partition coefficient (Wildman–Crippen LogP) is 3.32. The van der Waals surface area contributed by atoms with Crippen LogP contribution in [-0.2, 0) is 6.54 Å². The molecule has 0 atom stereocenters. The Morgan fingerprint density at radius 2 is 1.85 bits per heavy atom. The average Bonchev–Trinajstić information content (AvgIpc) is 3.19. The minimum atomic E-state index is 0.685. The van der Waals surface area contributed by atoms with Crippen LogP contribution in [0, 0.1) is 20.8 Å². The number of hydrogen-bond donors (Lipinski definition) is 1. The van der Waals surface area contributed by atoms with Gasteiger partial charge in [-0.25, -0.2) is 9.97 Å². The lowest BCUT2D eigenvalue weighted by Crippen LogP contribution is -2.17. The van der Waals surface area contributed by atoms with Gasteiger partial charge in [-0.05, 0) is 50.8 Å². The van der Waals surface area contributed by atoms with Crippen LogP contribution in [0.4, 0.5) is 0 Å². The smallest absolute Gasteiger partial charge is 0.142 e. The third-order valence-electron chi connectivity index (χ3n) is 3.76. The third kappa shape index (κ3) is 2.88. The maximum atomic E-state index is 4.72. The van der Waals surface area contributed by atoms with E-state index in [4.69, 9.17) is 4.98 Å². The Morgan fingerprint density at radius 3 is 2.50 bits per heavy atom. The average molecular weight is 267 g/mol. The van der Waals surface area contributed by atoms with Crippen molar-refractivity contribution in [3.8, 4) is 11.3 Å². The number of rotatable bonds is 4. The maximum absolute atomic E-state index is 4.72. The highest BCUT2D eigenvalue weighted by Crippen LogP contribution is 2.26. The highest BCUT2D eigenvalue weighted by atomic mass is 15.0. The van der Waals surface area contributed by atoms with Gasteiger partial charge >= 0.3 is 0 Å². The van der Waals surface area contributed by atoms with Crippen molar-refractivity contribution in [1.82, 2.24) is 15.3 Å². The van der Waals surface area contributed by atoms with Gasteiger partial charge < -0.3 is 5.32 Å². The summed E-state index contributed by atoms with van der Waals surface area (Å²) in [5.74, 6) is 0.883. The van der Waals surface area contributed by atoms with Crippen LogP contribution in [0.15, 0.2) is 24.4 Å². The zero-order valence-corrected chi connectivity index (χ0v) is 12.4. The summed E-state index contributed by atoms with van der Waals surface area (Å²) in [7, 11) is 0. The highest BCUT2D eigenvalue weighted by molar-refractivity contribution is 5.67. The van der Waals surface area contributed by atoms with Crippen LogP contribution in [0.5, 0.6) is 0 Å². The highest BCUT2D eigenvalue weighted by Gasteiger charge is 2.20. The number of aromatic nitrogens is 2. The number of benzene rings is 1. The van der Waals surface area contributed by atoms with Crippen LogP contribution in [0.2, 0.25) is 0 Å². The molecule has 0 bridgehead atoms. The van der Waals surface area contributed by atoms with E-state index in [1.165, 1.54) is 35.1 Å². The first kappa shape index (κ1) is 13.3. The summed E-state index contributed by atoms with van der Waals surface area (Å²) in [4.78, 5) is 9.09. The second-order valence-electron chi connectivity index (χ2n) is 5.79. The van der Waals surface area contributed by atoms with Crippen molar-refractivity contribution in [1.29, 1.82) is 0 Å². The molecule has 1 aromatic heterocycles. The Bertz CT molecular complexity index is 607. The van der Waals surface area contributed by atoms with Crippen molar-refractivity contribution in [3.05, 3.63) is 46.9 Å². The maximum Gasteiger partial charge on any atom is 0.142 e. The molecule has 1 aliphatic carbocycles. The molecule has 20 heavy (non-hydrogen) atoms. The molecule has 0 saturated heterocycles. The van der Waals surface area contributed by atoms with Crippen molar-refractivity contribution in [2.45, 2.75) is 46.2 Å². The molecule has 3 rings (SSSR count). The molecule has 0 amide bonds. The van der Waals surface area contributed by atoms with Gasteiger partial charge in [-0.15, -0.1) is 0 Å². The van der Waals surface area contributed by atoms with Gasteiger partial charge in [-0.2, -0.15) is 0 Å². The van der Waals surface area contributed by atoms with Crippen molar-refractivity contribution >= 4 is 0 Å². The summed E-state index contributed by atoms with van der Waals surface area (Å²) >= 11 is 0. The molecule has 1 fully saturated rings. The van der Waals surface area contributed by atoms with Crippen LogP contribution in [0.25, 0.3) is 11.3 Å². The minimum Gasteiger partial charge on any atom is -0.307 e. The lowest BCUT2D eigenvalue weighted by atomic mass is 9.97. The van der Waals surface area contributed by atoms with Crippen LogP contribution in [0.3, 0.4) is 0 Å². The lowest BCUT2D eigenvalue weighted by molar-refractivity contribution is 0.658. The van der Waals surface area contributed by atoms with Crippen molar-refractivity contribution in [2.24, 2.45) is 0 Å². The Balaban J connectivity index is 1.91. The van der Waals surface area contributed by atoms with Gasteiger partial charge in [0.05, 0.1) is 12.2 Å². The van der Waals surface area contributed by atoms with Crippen LogP contribution in [-0.4, -0.2) is 16.0 Å². The lowest BCUT2D eigenvalue weighted by Gasteiger charge is -2.11. The number of nitrogens with zero attached hydrogens (tertiary/aromatic N) is 2. The molecule has 3 heteroatoms. The normalized spacial score (nSPS) is 14.6. The quantitative estimate of drug-likeness (QED) is 0.923. The summed E-state index contributed by atoms with van der Waals surface area (Å²) in [6, 6.07) is 7.12. The van der Waals surface area contributed by atoms with E-state index in [1.54, 1.807) is 0 Å². The first-order valence-electron chi connectivity index (χ1n) is 7.27. The summed E-state index contributed by atoms with van der Waals surface area (Å²) in [6.07, 6.45) is 4.44. The SMILES string of the molecule is Cc1cc(C)c(-c2ccnc(CNC3CC3)n2)c(C)c1. The predicted molar refractivity (Wildman–Crippen MR) is 81.5 cm³/mol. The van der Waals surface area contributed by atoms with E-state index < -0.39 is 0 Å². The van der Waals surface area contributed by atoms with E-state index in [0.29, 0.717) is 6.04 Å². The molecule has 0 spiro atoms. The molecule has 1 heterocycles. The Kier molecular flexibility index (Phi) is 3.53. The largest absolute Gasteiger partial charge is 0.307 e. The molecule has 0 radical (unpaired) electrons. The first-order valence-corrected chi connectivity index (χ1v) is 7.27. The summed E-state index contributed by atoms with van der Waals surface area (Å²) in [5.41, 5.74) is 6.13. The fourth-order valence-electron chi connectivity index (χ4n) is 2.73. The molecule has 1 aliphatic rings. The van der Waals surface area contributed by atoms with Crippen molar-refractivity contribution < 1.29 is 0 Å². The van der Waals surface area contributed by atoms with Gasteiger partial charge in [0, 0.05) is 17.8 Å². The molecule has 1 N–H and O–H groups in total. The van der Waals surface area contributed by atoms with E-state index in [9.17, 15) is 0 Å². The van der Waals surface area contributed by atoms with E-state index in [2.05, 4.69) is 43.2 Å². The topological polar surface area (TPSA) is 37.8 Å². The third-order valence-corrected chi connectivity index (χ3v) is 3.76. The summed E-state index contributed by atoms with van der Waals surface area (Å²) in [5, 5.41) is 3.46. The summed E-state index contributed by atoms with van der Waals surface area (Å²) < 4.78 is 0. The van der Waals surface area contributed by atoms with Gasteiger partial charge in [0.15, 0.2) is 0 Å². The fourth-order valence-corrected chi connectivity index (χ4v) is 2.73. The molecular weight excluding hydrogens is 246 g/mol. The Morgan fingerprint density at radius 1 is 1.15 bits per heavy atom. The molecule has 1 saturated carbocycles. The standard InChI is InChI=1S/C17H21N3/c1-11-8-12(2)17(13(3)9-11)15-6-7-18-16(20-15)10-19-14-4-5-14/h6-9,14,19H,4-5,10H2,1-3H3. The van der Waals surface area contributed by atoms with E-state index in [-0.39, 0.29) is 0 Å². The molecule has 2 aromatic rings. The summed E-state index contributed by atoms with van der Waals surface area (Å²) in [6.45, 7) is 7.20. The van der Waals surface area contributed by atoms with Crippen LogP contribution >= 0.6 is 0 Å². The van der Waals surface area contributed by atoms with Gasteiger partial charge in [0.25, 0.3) is 0 Å². The fraction of sp³-hybridized carbons (Fsp3) is 0.412. The second kappa shape index (κ2) is 5.33. The van der Waals surface area contributed by atoms with E-state index in [0.717, 1.165) is 18.1 Å². The monoisotopic (exact) mass is 267 g/mol. The van der Waals surface area contributed by atoms with E-state index in [1.807, 2.05) is 12.3 Å². The first-order chi connectivity index (χ1) is 9.63. The molecule has 0 aliphatic heterocycles. The number of aryl methyl sites for hydroxylation is 3. The molecule has 104 valence electrons. The van der Waals surface area contributed by atoms with Gasteiger partial charge in [-0.1, -0.05) is 17.7 Å². The zero-order valence-electron chi connectivity index (χ0n) is 12.4. The number of nitrogens with one attached hydrogen (secondary N) is 1. The number of hydrogen-bond acceptors (Lipinski definition) is 3. The van der Waals surface area contributed by atoms with Crippen LogP contribution in [0.1, 0.15) is 35.4 Å². The van der Waals surface area contributed by atoms with E-state index >= 15 is 0 Å². The Labute approximate surface area is 120 Å². The van der Waals surface area contributed by atoms with Crippen molar-refractivity contribution in [2.75, 3.05) is 0 Å². The van der Waals surface area contributed by atoms with Gasteiger partial charge in [0.2, 0.25) is 0 Å². The zero-order chi connectivity index (χ0) is 14.1. The molecule has 0 unspecified atom stereocenters. The molecular formula is C17H21N3. The van der Waals surface area contributed by atoms with Gasteiger partial charge in [-0.3, -0.25) is 0 Å².